The molecule has 0 aliphatic rings. The van der Waals surface area contributed by atoms with Crippen LogP contribution in [0.4, 0.5) is 5.69 Å². The molecule has 0 atom stereocenters. The molecule has 3 aromatic rings. The van der Waals surface area contributed by atoms with Gasteiger partial charge >= 0.3 is 0 Å². The first-order valence-electron chi connectivity index (χ1n) is 9.16. The van der Waals surface area contributed by atoms with Crippen LogP contribution in [0.2, 0.25) is 5.02 Å². The molecule has 158 valence electrons. The Morgan fingerprint density at radius 3 is 2.23 bits per heavy atom. The number of carbonyl (C=O) groups excluding carboxylic acids is 1. The number of ether oxygens (including phenoxy) is 2. The van der Waals surface area contributed by atoms with Gasteiger partial charge in [-0.3, -0.25) is 14.9 Å². The van der Waals surface area contributed by atoms with E-state index >= 15 is 0 Å². The van der Waals surface area contributed by atoms with Crippen LogP contribution in [0.3, 0.4) is 0 Å². The van der Waals surface area contributed by atoms with Crippen molar-refractivity contribution < 1.29 is 19.2 Å². The number of nitrogens with zero attached hydrogens (tertiary/aromatic N) is 2. The fourth-order valence-corrected chi connectivity index (χ4v) is 2.55. The summed E-state index contributed by atoms with van der Waals surface area (Å²) in [5.41, 5.74) is 4.08. The summed E-state index contributed by atoms with van der Waals surface area (Å²) in [5, 5.41) is 15.2. The van der Waals surface area contributed by atoms with Gasteiger partial charge in [-0.2, -0.15) is 5.10 Å². The monoisotopic (exact) mass is 439 g/mol. The number of rotatable bonds is 9. The summed E-state index contributed by atoms with van der Waals surface area (Å²) in [6, 6.07) is 20.1. The number of nitrogens with one attached hydrogen (secondary N) is 1. The number of non-ortho nitro benzene ring substituents is 1. The van der Waals surface area contributed by atoms with E-state index in [1.807, 2.05) is 24.3 Å². The first kappa shape index (κ1) is 21.8. The molecule has 8 nitrogen and oxygen atoms in total. The largest absolute Gasteiger partial charge is 0.489 e. The van der Waals surface area contributed by atoms with Gasteiger partial charge in [-0.05, 0) is 59.7 Å². The summed E-state index contributed by atoms with van der Waals surface area (Å²) in [6.07, 6.45) is 1.49. The normalized spacial score (nSPS) is 10.6. The minimum Gasteiger partial charge on any atom is -0.489 e. The van der Waals surface area contributed by atoms with Gasteiger partial charge in [0.05, 0.1) is 11.1 Å². The third-order valence-corrected chi connectivity index (χ3v) is 4.27. The van der Waals surface area contributed by atoms with Crippen LogP contribution in [0.1, 0.15) is 11.1 Å². The van der Waals surface area contributed by atoms with Gasteiger partial charge in [0.2, 0.25) is 0 Å². The van der Waals surface area contributed by atoms with Crippen LogP contribution in [0, 0.1) is 10.1 Å². The molecule has 0 saturated carbocycles. The summed E-state index contributed by atoms with van der Waals surface area (Å²) in [4.78, 5) is 21.9. The fourth-order valence-electron chi connectivity index (χ4n) is 2.42. The number of nitro benzene ring substituents is 1. The van der Waals surface area contributed by atoms with Crippen LogP contribution in [-0.4, -0.2) is 23.7 Å². The van der Waals surface area contributed by atoms with Crippen molar-refractivity contribution in [3.05, 3.63) is 99.1 Å². The maximum atomic E-state index is 11.8. The highest BCUT2D eigenvalue weighted by molar-refractivity contribution is 6.30. The van der Waals surface area contributed by atoms with Gasteiger partial charge in [0.25, 0.3) is 11.6 Å². The average Bonchev–Trinajstić information content (AvgIpc) is 2.78. The predicted molar refractivity (Wildman–Crippen MR) is 117 cm³/mol. The minimum absolute atomic E-state index is 0.0530. The van der Waals surface area contributed by atoms with Gasteiger partial charge in [-0.15, -0.1) is 0 Å². The van der Waals surface area contributed by atoms with Crippen molar-refractivity contribution in [2.45, 2.75) is 6.61 Å². The Morgan fingerprint density at radius 2 is 1.58 bits per heavy atom. The van der Waals surface area contributed by atoms with Crippen molar-refractivity contribution in [2.75, 3.05) is 6.61 Å². The molecular weight excluding hydrogens is 422 g/mol. The van der Waals surface area contributed by atoms with E-state index in [0.717, 1.165) is 11.1 Å². The van der Waals surface area contributed by atoms with Gasteiger partial charge in [-0.25, -0.2) is 5.43 Å². The minimum atomic E-state index is -0.510. The molecule has 0 aliphatic carbocycles. The van der Waals surface area contributed by atoms with Crippen molar-refractivity contribution in [2.24, 2.45) is 5.10 Å². The molecule has 1 N–H and O–H groups in total. The second-order valence-corrected chi connectivity index (χ2v) is 6.75. The molecule has 0 saturated heterocycles. The predicted octanol–water partition coefficient (Wildman–Crippen LogP) is 4.36. The second kappa shape index (κ2) is 10.7. The SMILES string of the molecule is O=C(COc1ccc([N+](=O)[O-])cc1)N/N=C\c1ccc(OCc2ccc(Cl)cc2)cc1. The van der Waals surface area contributed by atoms with Crippen molar-refractivity contribution >= 4 is 29.4 Å². The maximum absolute atomic E-state index is 11.8. The first-order chi connectivity index (χ1) is 15.0. The van der Waals surface area contributed by atoms with Crippen LogP contribution in [0.25, 0.3) is 0 Å². The van der Waals surface area contributed by atoms with Crippen LogP contribution in [0.5, 0.6) is 11.5 Å². The fraction of sp³-hybridized carbons (Fsp3) is 0.0909. The standard InChI is InChI=1S/C22H18ClN3O5/c23-18-5-1-17(2-6-18)14-30-20-9-3-16(4-10-20)13-24-25-22(27)15-31-21-11-7-19(8-12-21)26(28)29/h1-13H,14-15H2,(H,25,27)/b24-13-. The lowest BCUT2D eigenvalue weighted by molar-refractivity contribution is -0.384. The van der Waals surface area contributed by atoms with E-state index in [0.29, 0.717) is 23.1 Å². The third kappa shape index (κ3) is 7.13. The molecule has 31 heavy (non-hydrogen) atoms. The molecule has 0 unspecified atom stereocenters. The van der Waals surface area contributed by atoms with Gasteiger partial charge in [0.1, 0.15) is 18.1 Å². The van der Waals surface area contributed by atoms with E-state index in [9.17, 15) is 14.9 Å². The lowest BCUT2D eigenvalue weighted by atomic mass is 10.2. The molecule has 0 spiro atoms. The molecule has 0 aliphatic heterocycles. The van der Waals surface area contributed by atoms with E-state index in [4.69, 9.17) is 21.1 Å². The zero-order chi connectivity index (χ0) is 22.1. The maximum Gasteiger partial charge on any atom is 0.277 e. The molecular formula is C22H18ClN3O5. The van der Waals surface area contributed by atoms with E-state index in [1.165, 1.54) is 30.5 Å². The smallest absolute Gasteiger partial charge is 0.277 e. The third-order valence-electron chi connectivity index (χ3n) is 4.02. The summed E-state index contributed by atoms with van der Waals surface area (Å²) in [7, 11) is 0. The number of benzene rings is 3. The van der Waals surface area contributed by atoms with E-state index < -0.39 is 10.8 Å². The highest BCUT2D eigenvalue weighted by Gasteiger charge is 2.06. The number of hydrogen-bond donors (Lipinski definition) is 1. The summed E-state index contributed by atoms with van der Waals surface area (Å²) >= 11 is 5.86. The molecule has 0 heterocycles. The number of hydrogen-bond acceptors (Lipinski definition) is 6. The lowest BCUT2D eigenvalue weighted by Crippen LogP contribution is -2.24. The summed E-state index contributed by atoms with van der Waals surface area (Å²) in [6.45, 7) is 0.155. The Bertz CT molecular complexity index is 1050. The van der Waals surface area contributed by atoms with Crippen LogP contribution >= 0.6 is 11.6 Å². The number of amides is 1. The molecule has 3 aromatic carbocycles. The highest BCUT2D eigenvalue weighted by Crippen LogP contribution is 2.17. The average molecular weight is 440 g/mol. The Kier molecular flexibility index (Phi) is 7.56. The Balaban J connectivity index is 1.41. The molecule has 0 aromatic heterocycles. The molecule has 0 bridgehead atoms. The van der Waals surface area contributed by atoms with Crippen LogP contribution < -0.4 is 14.9 Å². The second-order valence-electron chi connectivity index (χ2n) is 6.32. The zero-order valence-electron chi connectivity index (χ0n) is 16.2. The van der Waals surface area contributed by atoms with Gasteiger partial charge < -0.3 is 9.47 Å². The molecule has 0 radical (unpaired) electrons. The van der Waals surface area contributed by atoms with Gasteiger partial charge in [-0.1, -0.05) is 23.7 Å². The first-order valence-corrected chi connectivity index (χ1v) is 9.54. The van der Waals surface area contributed by atoms with Crippen LogP contribution in [0.15, 0.2) is 77.9 Å². The number of nitro groups is 1. The molecule has 3 rings (SSSR count). The van der Waals surface area contributed by atoms with Gasteiger partial charge in [0, 0.05) is 17.2 Å². The van der Waals surface area contributed by atoms with Crippen molar-refractivity contribution in [1.29, 1.82) is 0 Å². The molecule has 0 fully saturated rings. The quantitative estimate of drug-likeness (QED) is 0.303. The number of carbonyl (C=O) groups is 1. The number of halogens is 1. The highest BCUT2D eigenvalue weighted by atomic mass is 35.5. The Morgan fingerprint density at radius 1 is 0.968 bits per heavy atom. The Hall–Kier alpha value is -3.91. The van der Waals surface area contributed by atoms with Crippen molar-refractivity contribution in [1.82, 2.24) is 5.43 Å². The zero-order valence-corrected chi connectivity index (χ0v) is 17.0. The molecule has 9 heteroatoms. The summed E-state index contributed by atoms with van der Waals surface area (Å²) < 4.78 is 11.0. The summed E-state index contributed by atoms with van der Waals surface area (Å²) in [5.74, 6) is 0.587. The topological polar surface area (TPSA) is 103 Å². The van der Waals surface area contributed by atoms with E-state index in [2.05, 4.69) is 10.5 Å². The van der Waals surface area contributed by atoms with Crippen molar-refractivity contribution in [3.8, 4) is 11.5 Å². The number of hydrazone groups is 1. The van der Waals surface area contributed by atoms with Crippen LogP contribution in [-0.2, 0) is 11.4 Å². The lowest BCUT2D eigenvalue weighted by Gasteiger charge is -2.06. The van der Waals surface area contributed by atoms with Crippen molar-refractivity contribution in [3.63, 3.8) is 0 Å². The molecule has 1 amide bonds. The van der Waals surface area contributed by atoms with E-state index in [-0.39, 0.29) is 12.3 Å². The Labute approximate surface area is 183 Å². The van der Waals surface area contributed by atoms with E-state index in [1.54, 1.807) is 24.3 Å². The van der Waals surface area contributed by atoms with Gasteiger partial charge in [0.15, 0.2) is 6.61 Å².